The maximum Gasteiger partial charge on any atom is 0.573 e. The highest BCUT2D eigenvalue weighted by Crippen LogP contribution is 2.25. The van der Waals surface area contributed by atoms with Crippen LogP contribution in [0.4, 0.5) is 13.2 Å². The Morgan fingerprint density at radius 2 is 2.00 bits per heavy atom. The van der Waals surface area contributed by atoms with Crippen LogP contribution in [0.25, 0.3) is 10.7 Å². The molecular weight excluding hydrogens is 391 g/mol. The molecule has 28 heavy (non-hydrogen) atoms. The van der Waals surface area contributed by atoms with Crippen LogP contribution in [-0.4, -0.2) is 27.8 Å². The molecule has 4 rings (SSSR count). The maximum absolute atomic E-state index is 12.5. The van der Waals surface area contributed by atoms with Gasteiger partial charge in [0.15, 0.2) is 5.82 Å². The van der Waals surface area contributed by atoms with Gasteiger partial charge in [-0.25, -0.2) is 4.98 Å². The van der Waals surface area contributed by atoms with Crippen LogP contribution >= 0.6 is 11.3 Å². The minimum Gasteiger partial charge on any atom is -0.406 e. The molecule has 0 fully saturated rings. The van der Waals surface area contributed by atoms with Gasteiger partial charge in [-0.05, 0) is 29.1 Å². The van der Waals surface area contributed by atoms with Crippen molar-refractivity contribution in [1.29, 1.82) is 0 Å². The van der Waals surface area contributed by atoms with Crippen molar-refractivity contribution in [3.8, 4) is 16.5 Å². The number of halogens is 3. The highest BCUT2D eigenvalue weighted by molar-refractivity contribution is 7.13. The fraction of sp³-hybridized carbons (Fsp3) is 0.263. The van der Waals surface area contributed by atoms with E-state index in [0.29, 0.717) is 37.4 Å². The topological polar surface area (TPSA) is 58.2 Å². The van der Waals surface area contributed by atoms with E-state index < -0.39 is 6.36 Å². The first-order valence-corrected chi connectivity index (χ1v) is 9.48. The van der Waals surface area contributed by atoms with Gasteiger partial charge in [0.05, 0.1) is 16.1 Å². The number of H-pyrrole nitrogens is 1. The fourth-order valence-corrected chi connectivity index (χ4v) is 3.87. The summed E-state index contributed by atoms with van der Waals surface area (Å²) >= 11 is 1.52. The number of benzene rings is 1. The lowest BCUT2D eigenvalue weighted by Crippen LogP contribution is -2.35. The number of aromatic amines is 1. The van der Waals surface area contributed by atoms with Gasteiger partial charge in [0.1, 0.15) is 5.75 Å². The van der Waals surface area contributed by atoms with E-state index in [0.717, 1.165) is 16.1 Å². The summed E-state index contributed by atoms with van der Waals surface area (Å²) in [6.07, 6.45) is -4.05. The molecule has 3 aromatic rings. The molecule has 9 heteroatoms. The van der Waals surface area contributed by atoms with Gasteiger partial charge in [-0.1, -0.05) is 18.2 Å². The molecular formula is C19H16F3N3O2S. The van der Waals surface area contributed by atoms with Crippen molar-refractivity contribution < 1.29 is 17.9 Å². The Bertz CT molecular complexity index is 1010. The SMILES string of the molecule is O=c1[nH]c(-c2cccs2)nc2c1CN(Cc1ccc(OC(F)(F)F)cc1)CC2. The first-order chi connectivity index (χ1) is 13.4. The van der Waals surface area contributed by atoms with Crippen LogP contribution in [0.2, 0.25) is 0 Å². The van der Waals surface area contributed by atoms with E-state index in [9.17, 15) is 18.0 Å². The molecule has 0 spiro atoms. The van der Waals surface area contributed by atoms with E-state index in [1.165, 1.54) is 23.5 Å². The smallest absolute Gasteiger partial charge is 0.406 e. The maximum atomic E-state index is 12.5. The highest BCUT2D eigenvalue weighted by Gasteiger charge is 2.31. The summed E-state index contributed by atoms with van der Waals surface area (Å²) in [5.74, 6) is 0.342. The standard InChI is InChI=1S/C19H16F3N3O2S/c20-19(21,22)27-13-5-3-12(4-6-13)10-25-8-7-15-14(11-25)18(26)24-17(23-15)16-2-1-9-28-16/h1-6,9H,7-8,10-11H2,(H,23,24,26). The Morgan fingerprint density at radius 1 is 1.21 bits per heavy atom. The van der Waals surface area contributed by atoms with Crippen molar-refractivity contribution in [3.05, 3.63) is 69.0 Å². The van der Waals surface area contributed by atoms with Crippen molar-refractivity contribution in [2.45, 2.75) is 25.9 Å². The third-order valence-electron chi connectivity index (χ3n) is 4.47. The van der Waals surface area contributed by atoms with E-state index in [4.69, 9.17) is 0 Å². The summed E-state index contributed by atoms with van der Waals surface area (Å²) in [6, 6.07) is 9.60. The molecule has 0 aliphatic carbocycles. The molecule has 0 amide bonds. The molecule has 1 N–H and O–H groups in total. The predicted molar refractivity (Wildman–Crippen MR) is 99.1 cm³/mol. The van der Waals surface area contributed by atoms with E-state index in [1.54, 1.807) is 12.1 Å². The third kappa shape index (κ3) is 4.26. The first kappa shape index (κ1) is 18.7. The monoisotopic (exact) mass is 407 g/mol. The summed E-state index contributed by atoms with van der Waals surface area (Å²) in [6.45, 7) is 1.69. The lowest BCUT2D eigenvalue weighted by atomic mass is 10.1. The van der Waals surface area contributed by atoms with Crippen molar-refractivity contribution >= 4 is 11.3 Å². The van der Waals surface area contributed by atoms with Crippen LogP contribution in [0.1, 0.15) is 16.8 Å². The summed E-state index contributed by atoms with van der Waals surface area (Å²) in [7, 11) is 0. The Kier molecular flexibility index (Phi) is 4.94. The van der Waals surface area contributed by atoms with Crippen LogP contribution in [0, 0.1) is 0 Å². The molecule has 1 aliphatic rings. The summed E-state index contributed by atoms with van der Waals surface area (Å²) in [5, 5.41) is 1.93. The number of fused-ring (bicyclic) bond motifs is 1. The van der Waals surface area contributed by atoms with E-state index >= 15 is 0 Å². The number of thiophene rings is 1. The molecule has 0 radical (unpaired) electrons. The minimum absolute atomic E-state index is 0.146. The summed E-state index contributed by atoms with van der Waals surface area (Å²) in [4.78, 5) is 23.0. The fourth-order valence-electron chi connectivity index (χ4n) is 3.20. The Labute approximate surface area is 162 Å². The number of ether oxygens (including phenoxy) is 1. The second-order valence-corrected chi connectivity index (χ2v) is 7.42. The molecule has 0 saturated carbocycles. The average molecular weight is 407 g/mol. The number of hydrogen-bond donors (Lipinski definition) is 1. The van der Waals surface area contributed by atoms with Crippen molar-refractivity contribution in [1.82, 2.24) is 14.9 Å². The number of nitrogens with one attached hydrogen (secondary N) is 1. The molecule has 1 aromatic carbocycles. The van der Waals surface area contributed by atoms with Crippen LogP contribution in [0.3, 0.4) is 0 Å². The van der Waals surface area contributed by atoms with Crippen LogP contribution in [0.15, 0.2) is 46.6 Å². The van der Waals surface area contributed by atoms with Gasteiger partial charge in [0.25, 0.3) is 5.56 Å². The largest absolute Gasteiger partial charge is 0.573 e. The van der Waals surface area contributed by atoms with E-state index in [2.05, 4.69) is 19.6 Å². The van der Waals surface area contributed by atoms with Crippen molar-refractivity contribution in [2.75, 3.05) is 6.54 Å². The molecule has 5 nitrogen and oxygen atoms in total. The van der Waals surface area contributed by atoms with Crippen molar-refractivity contribution in [3.63, 3.8) is 0 Å². The number of nitrogens with zero attached hydrogens (tertiary/aromatic N) is 2. The average Bonchev–Trinajstić information content (AvgIpc) is 3.17. The van der Waals surface area contributed by atoms with Crippen LogP contribution in [-0.2, 0) is 19.5 Å². The molecule has 0 unspecified atom stereocenters. The van der Waals surface area contributed by atoms with Gasteiger partial charge in [-0.15, -0.1) is 24.5 Å². The molecule has 3 heterocycles. The van der Waals surface area contributed by atoms with Gasteiger partial charge in [-0.3, -0.25) is 9.69 Å². The Morgan fingerprint density at radius 3 is 2.68 bits per heavy atom. The number of alkyl halides is 3. The Hall–Kier alpha value is -2.65. The number of rotatable bonds is 4. The van der Waals surface area contributed by atoms with Gasteiger partial charge >= 0.3 is 6.36 Å². The molecule has 0 atom stereocenters. The lowest BCUT2D eigenvalue weighted by Gasteiger charge is -2.27. The van der Waals surface area contributed by atoms with E-state index in [-0.39, 0.29) is 11.3 Å². The predicted octanol–water partition coefficient (Wildman–Crippen LogP) is 3.96. The highest BCUT2D eigenvalue weighted by atomic mass is 32.1. The molecule has 1 aliphatic heterocycles. The zero-order chi connectivity index (χ0) is 19.7. The summed E-state index contributed by atoms with van der Waals surface area (Å²) < 4.78 is 40.6. The molecule has 146 valence electrons. The second-order valence-electron chi connectivity index (χ2n) is 6.47. The lowest BCUT2D eigenvalue weighted by molar-refractivity contribution is -0.274. The van der Waals surface area contributed by atoms with Gasteiger partial charge in [-0.2, -0.15) is 0 Å². The van der Waals surface area contributed by atoms with Crippen LogP contribution < -0.4 is 10.3 Å². The third-order valence-corrected chi connectivity index (χ3v) is 5.34. The minimum atomic E-state index is -4.70. The van der Waals surface area contributed by atoms with Gasteiger partial charge in [0, 0.05) is 26.1 Å². The van der Waals surface area contributed by atoms with Crippen LogP contribution in [0.5, 0.6) is 5.75 Å². The van der Waals surface area contributed by atoms with Gasteiger partial charge in [0.2, 0.25) is 0 Å². The molecule has 0 bridgehead atoms. The molecule has 0 saturated heterocycles. The summed E-state index contributed by atoms with van der Waals surface area (Å²) in [5.41, 5.74) is 2.14. The zero-order valence-corrected chi connectivity index (χ0v) is 15.4. The zero-order valence-electron chi connectivity index (χ0n) is 14.6. The van der Waals surface area contributed by atoms with Crippen molar-refractivity contribution in [2.24, 2.45) is 0 Å². The first-order valence-electron chi connectivity index (χ1n) is 8.60. The quantitative estimate of drug-likeness (QED) is 0.712. The number of aromatic nitrogens is 2. The second kappa shape index (κ2) is 7.40. The molecule has 2 aromatic heterocycles. The number of hydrogen-bond acceptors (Lipinski definition) is 5. The Balaban J connectivity index is 1.46. The van der Waals surface area contributed by atoms with E-state index in [1.807, 2.05) is 17.5 Å². The van der Waals surface area contributed by atoms with Gasteiger partial charge < -0.3 is 9.72 Å². The normalized spacial score (nSPS) is 14.7.